The first-order valence-electron chi connectivity index (χ1n) is 6.72. The summed E-state index contributed by atoms with van der Waals surface area (Å²) in [4.78, 5) is 4.42. The molecule has 4 heteroatoms. The van der Waals surface area contributed by atoms with Gasteiger partial charge in [0, 0.05) is 12.2 Å². The van der Waals surface area contributed by atoms with Crippen LogP contribution < -0.4 is 5.32 Å². The van der Waals surface area contributed by atoms with Crippen molar-refractivity contribution in [2.24, 2.45) is 0 Å². The maximum atomic E-state index is 13.8. The lowest BCUT2D eigenvalue weighted by molar-refractivity contribution is 0.637. The molecule has 0 amide bonds. The topological polar surface area (TPSA) is 29.9 Å². The zero-order valence-corrected chi connectivity index (χ0v) is 11.3. The van der Waals surface area contributed by atoms with Crippen LogP contribution in [0.25, 0.3) is 11.0 Å². The van der Waals surface area contributed by atoms with Crippen LogP contribution in [0.15, 0.2) is 48.5 Å². The van der Waals surface area contributed by atoms with E-state index in [-0.39, 0.29) is 5.82 Å². The van der Waals surface area contributed by atoms with Crippen LogP contribution in [0.3, 0.4) is 0 Å². The highest BCUT2D eigenvalue weighted by Gasteiger charge is 2.12. The summed E-state index contributed by atoms with van der Waals surface area (Å²) in [5, 5.41) is 3.31. The van der Waals surface area contributed by atoms with Gasteiger partial charge in [-0.1, -0.05) is 24.3 Å². The van der Waals surface area contributed by atoms with E-state index in [4.69, 9.17) is 0 Å². The van der Waals surface area contributed by atoms with Gasteiger partial charge in [-0.15, -0.1) is 0 Å². The number of imidazole rings is 1. The Bertz CT molecular complexity index is 719. The third-order valence-corrected chi connectivity index (χ3v) is 3.35. The summed E-state index contributed by atoms with van der Waals surface area (Å²) in [6.07, 6.45) is 0. The van der Waals surface area contributed by atoms with Crippen LogP contribution in [0.1, 0.15) is 12.7 Å². The highest BCUT2D eigenvalue weighted by Crippen LogP contribution is 2.20. The highest BCUT2D eigenvalue weighted by molar-refractivity contribution is 5.76. The minimum Gasteiger partial charge on any atom is -0.378 e. The number of benzene rings is 2. The molecule has 0 fully saturated rings. The molecule has 3 nitrogen and oxygen atoms in total. The Morgan fingerprint density at radius 1 is 1.10 bits per heavy atom. The van der Waals surface area contributed by atoms with Crippen LogP contribution in [-0.4, -0.2) is 9.55 Å². The molecule has 20 heavy (non-hydrogen) atoms. The molecule has 3 aromatic rings. The number of aryl methyl sites for hydroxylation is 1. The van der Waals surface area contributed by atoms with E-state index in [1.807, 2.05) is 47.9 Å². The molecule has 102 valence electrons. The molecule has 1 N–H and O–H groups in total. The molecule has 0 saturated heterocycles. The summed E-state index contributed by atoms with van der Waals surface area (Å²) >= 11 is 0. The normalized spacial score (nSPS) is 10.9. The van der Waals surface area contributed by atoms with E-state index in [1.54, 1.807) is 6.07 Å². The average Bonchev–Trinajstić information content (AvgIpc) is 2.85. The summed E-state index contributed by atoms with van der Waals surface area (Å²) in [5.74, 6) is 0.576. The number of nitrogens with one attached hydrogen (secondary N) is 1. The monoisotopic (exact) mass is 269 g/mol. The van der Waals surface area contributed by atoms with Gasteiger partial charge in [0.05, 0.1) is 12.1 Å². The Kier molecular flexibility index (Phi) is 3.37. The van der Waals surface area contributed by atoms with Gasteiger partial charge in [0.15, 0.2) is 5.82 Å². The summed E-state index contributed by atoms with van der Waals surface area (Å²) < 4.78 is 15.8. The predicted octanol–water partition coefficient (Wildman–Crippen LogP) is 3.81. The summed E-state index contributed by atoms with van der Waals surface area (Å²) in [5.41, 5.74) is 2.32. The number of nitrogens with zero attached hydrogens (tertiary/aromatic N) is 2. The van der Waals surface area contributed by atoms with Gasteiger partial charge in [-0.05, 0) is 31.2 Å². The van der Waals surface area contributed by atoms with Crippen LogP contribution in [0.2, 0.25) is 0 Å². The van der Waals surface area contributed by atoms with Crippen molar-refractivity contribution < 1.29 is 4.39 Å². The SMILES string of the molecule is CCn1c(CNc2ccccc2)nc2c(F)cccc21. The smallest absolute Gasteiger partial charge is 0.151 e. The van der Waals surface area contributed by atoms with Gasteiger partial charge in [0.25, 0.3) is 0 Å². The lowest BCUT2D eigenvalue weighted by Gasteiger charge is -2.08. The molecule has 0 bridgehead atoms. The highest BCUT2D eigenvalue weighted by atomic mass is 19.1. The molecule has 0 aliphatic heterocycles. The zero-order chi connectivity index (χ0) is 13.9. The fraction of sp³-hybridized carbons (Fsp3) is 0.188. The Balaban J connectivity index is 1.93. The fourth-order valence-corrected chi connectivity index (χ4v) is 2.39. The number of hydrogen-bond acceptors (Lipinski definition) is 2. The molecule has 0 aliphatic carbocycles. The van der Waals surface area contributed by atoms with Gasteiger partial charge in [0.2, 0.25) is 0 Å². The van der Waals surface area contributed by atoms with E-state index >= 15 is 0 Å². The molecule has 0 aliphatic rings. The average molecular weight is 269 g/mol. The first kappa shape index (κ1) is 12.7. The lowest BCUT2D eigenvalue weighted by Crippen LogP contribution is -2.07. The first-order chi connectivity index (χ1) is 9.79. The van der Waals surface area contributed by atoms with E-state index in [0.29, 0.717) is 12.1 Å². The quantitative estimate of drug-likeness (QED) is 0.780. The van der Waals surface area contributed by atoms with Gasteiger partial charge in [-0.25, -0.2) is 9.37 Å². The second kappa shape index (κ2) is 5.33. The first-order valence-corrected chi connectivity index (χ1v) is 6.72. The molecule has 2 aromatic carbocycles. The van der Waals surface area contributed by atoms with Crippen LogP contribution in [-0.2, 0) is 13.1 Å². The van der Waals surface area contributed by atoms with Crippen LogP contribution in [0.4, 0.5) is 10.1 Å². The van der Waals surface area contributed by atoms with Crippen molar-refractivity contribution in [2.75, 3.05) is 5.32 Å². The maximum absolute atomic E-state index is 13.8. The molecule has 3 rings (SSSR count). The molecule has 0 saturated carbocycles. The second-order valence-corrected chi connectivity index (χ2v) is 4.60. The Morgan fingerprint density at radius 2 is 1.90 bits per heavy atom. The Morgan fingerprint density at radius 3 is 2.65 bits per heavy atom. The fourth-order valence-electron chi connectivity index (χ4n) is 2.39. The minimum atomic E-state index is -0.268. The van der Waals surface area contributed by atoms with Crippen LogP contribution in [0, 0.1) is 5.82 Å². The second-order valence-electron chi connectivity index (χ2n) is 4.60. The minimum absolute atomic E-state index is 0.268. The van der Waals surface area contributed by atoms with Crippen molar-refractivity contribution in [3.63, 3.8) is 0 Å². The van der Waals surface area contributed by atoms with Crippen molar-refractivity contribution in [1.82, 2.24) is 9.55 Å². The molecule has 0 spiro atoms. The largest absolute Gasteiger partial charge is 0.378 e. The van der Waals surface area contributed by atoms with E-state index in [0.717, 1.165) is 23.6 Å². The number of anilines is 1. The maximum Gasteiger partial charge on any atom is 0.151 e. The van der Waals surface area contributed by atoms with Crippen LogP contribution >= 0.6 is 0 Å². The number of fused-ring (bicyclic) bond motifs is 1. The van der Waals surface area contributed by atoms with Crippen molar-refractivity contribution in [1.29, 1.82) is 0 Å². The van der Waals surface area contributed by atoms with E-state index in [2.05, 4.69) is 10.3 Å². The molecule has 0 unspecified atom stereocenters. The number of halogens is 1. The third-order valence-electron chi connectivity index (χ3n) is 3.35. The van der Waals surface area contributed by atoms with Gasteiger partial charge in [-0.2, -0.15) is 0 Å². The number of hydrogen-bond donors (Lipinski definition) is 1. The molecule has 1 aromatic heterocycles. The zero-order valence-electron chi connectivity index (χ0n) is 11.3. The van der Waals surface area contributed by atoms with Gasteiger partial charge >= 0.3 is 0 Å². The predicted molar refractivity (Wildman–Crippen MR) is 79.1 cm³/mol. The van der Waals surface area contributed by atoms with E-state index in [9.17, 15) is 4.39 Å². The lowest BCUT2D eigenvalue weighted by atomic mass is 10.3. The molecule has 0 radical (unpaired) electrons. The Hall–Kier alpha value is -2.36. The molecule has 0 atom stereocenters. The Labute approximate surface area is 117 Å². The van der Waals surface area contributed by atoms with Gasteiger partial charge in [-0.3, -0.25) is 0 Å². The number of para-hydroxylation sites is 2. The van der Waals surface area contributed by atoms with Crippen molar-refractivity contribution in [3.8, 4) is 0 Å². The van der Waals surface area contributed by atoms with Crippen molar-refractivity contribution >= 4 is 16.7 Å². The summed E-state index contributed by atoms with van der Waals surface area (Å²) in [6, 6.07) is 15.0. The van der Waals surface area contributed by atoms with Crippen molar-refractivity contribution in [2.45, 2.75) is 20.0 Å². The van der Waals surface area contributed by atoms with Gasteiger partial charge < -0.3 is 9.88 Å². The van der Waals surface area contributed by atoms with E-state index in [1.165, 1.54) is 6.07 Å². The number of rotatable bonds is 4. The summed E-state index contributed by atoms with van der Waals surface area (Å²) in [6.45, 7) is 3.38. The van der Waals surface area contributed by atoms with E-state index < -0.39 is 0 Å². The standard InChI is InChI=1S/C16H16FN3/c1-2-20-14-10-6-9-13(17)16(14)19-15(20)11-18-12-7-4-3-5-8-12/h3-10,18H,2,11H2,1H3. The van der Waals surface area contributed by atoms with Crippen molar-refractivity contribution in [3.05, 3.63) is 60.2 Å². The number of aromatic nitrogens is 2. The molecular weight excluding hydrogens is 253 g/mol. The summed E-state index contributed by atoms with van der Waals surface area (Å²) in [7, 11) is 0. The molecule has 1 heterocycles. The van der Waals surface area contributed by atoms with Gasteiger partial charge in [0.1, 0.15) is 11.3 Å². The molecular formula is C16H16FN3. The van der Waals surface area contributed by atoms with Crippen LogP contribution in [0.5, 0.6) is 0 Å². The third kappa shape index (κ3) is 2.25.